The van der Waals surface area contributed by atoms with Gasteiger partial charge < -0.3 is 4.74 Å². The summed E-state index contributed by atoms with van der Waals surface area (Å²) in [5.41, 5.74) is 0.221. The first kappa shape index (κ1) is 11.1. The van der Waals surface area contributed by atoms with Gasteiger partial charge in [-0.15, -0.1) is 0 Å². The summed E-state index contributed by atoms with van der Waals surface area (Å²) in [5.74, 6) is 0.227. The lowest BCUT2D eigenvalue weighted by Gasteiger charge is -2.07. The minimum atomic E-state index is -0.484. The number of hydrogen-bond donors (Lipinski definition) is 0. The normalized spacial score (nSPS) is 10.2. The van der Waals surface area contributed by atoms with Crippen LogP contribution in [0.4, 0.5) is 5.69 Å². The van der Waals surface area contributed by atoms with Gasteiger partial charge >= 0.3 is 5.69 Å². The van der Waals surface area contributed by atoms with Crippen LogP contribution in [0.1, 0.15) is 6.92 Å². The van der Waals surface area contributed by atoms with E-state index in [9.17, 15) is 10.1 Å². The minimum Gasteiger partial charge on any atom is -0.487 e. The topological polar surface area (TPSA) is 83.1 Å². The summed E-state index contributed by atoms with van der Waals surface area (Å²) in [6, 6.07) is 4.83. The molecular weight excluding hydrogens is 224 g/mol. The SMILES string of the molecule is CCOc1cccc(-n2cncn2)c1[N+](=O)[O-]. The van der Waals surface area contributed by atoms with Crippen molar-refractivity contribution in [2.75, 3.05) is 6.61 Å². The summed E-state index contributed by atoms with van der Waals surface area (Å²) in [7, 11) is 0. The Labute approximate surface area is 96.8 Å². The minimum absolute atomic E-state index is 0.111. The van der Waals surface area contributed by atoms with Gasteiger partial charge in [-0.25, -0.2) is 9.67 Å². The molecule has 0 aliphatic heterocycles. The van der Waals surface area contributed by atoms with E-state index < -0.39 is 4.92 Å². The van der Waals surface area contributed by atoms with Crippen molar-refractivity contribution < 1.29 is 9.66 Å². The first-order valence-corrected chi connectivity index (χ1v) is 4.99. The Morgan fingerprint density at radius 1 is 1.53 bits per heavy atom. The van der Waals surface area contributed by atoms with E-state index in [1.807, 2.05) is 0 Å². The van der Waals surface area contributed by atoms with Gasteiger partial charge in [0.1, 0.15) is 18.3 Å². The third-order valence-corrected chi connectivity index (χ3v) is 2.13. The van der Waals surface area contributed by atoms with Crippen LogP contribution in [0.5, 0.6) is 5.75 Å². The lowest BCUT2D eigenvalue weighted by atomic mass is 10.2. The predicted octanol–water partition coefficient (Wildman–Crippen LogP) is 1.57. The van der Waals surface area contributed by atoms with Crippen molar-refractivity contribution in [1.82, 2.24) is 14.8 Å². The molecule has 17 heavy (non-hydrogen) atoms. The van der Waals surface area contributed by atoms with Crippen LogP contribution in [0.3, 0.4) is 0 Å². The zero-order chi connectivity index (χ0) is 12.3. The maximum absolute atomic E-state index is 11.1. The van der Waals surface area contributed by atoms with E-state index >= 15 is 0 Å². The molecule has 88 valence electrons. The highest BCUT2D eigenvalue weighted by Crippen LogP contribution is 2.32. The van der Waals surface area contributed by atoms with E-state index in [-0.39, 0.29) is 11.4 Å². The smallest absolute Gasteiger partial charge is 0.336 e. The molecule has 2 aromatic rings. The lowest BCUT2D eigenvalue weighted by molar-refractivity contribution is -0.385. The quantitative estimate of drug-likeness (QED) is 0.592. The molecule has 0 N–H and O–H groups in total. The van der Waals surface area contributed by atoms with Crippen LogP contribution < -0.4 is 4.74 Å². The Bertz CT molecular complexity index is 524. The average molecular weight is 234 g/mol. The van der Waals surface area contributed by atoms with Crippen molar-refractivity contribution in [1.29, 1.82) is 0 Å². The molecule has 0 radical (unpaired) electrons. The van der Waals surface area contributed by atoms with Gasteiger partial charge in [0.05, 0.1) is 11.5 Å². The summed E-state index contributed by atoms with van der Waals surface area (Å²) in [4.78, 5) is 14.4. The summed E-state index contributed by atoms with van der Waals surface area (Å²) >= 11 is 0. The Morgan fingerprint density at radius 2 is 2.35 bits per heavy atom. The monoisotopic (exact) mass is 234 g/mol. The van der Waals surface area contributed by atoms with Gasteiger partial charge in [0.25, 0.3) is 0 Å². The van der Waals surface area contributed by atoms with Crippen LogP contribution in [0.15, 0.2) is 30.9 Å². The van der Waals surface area contributed by atoms with Crippen molar-refractivity contribution in [3.8, 4) is 11.4 Å². The Balaban J connectivity index is 2.59. The Morgan fingerprint density at radius 3 is 2.94 bits per heavy atom. The predicted molar refractivity (Wildman–Crippen MR) is 59.2 cm³/mol. The fourth-order valence-electron chi connectivity index (χ4n) is 1.48. The van der Waals surface area contributed by atoms with E-state index in [4.69, 9.17) is 4.74 Å². The fraction of sp³-hybridized carbons (Fsp3) is 0.200. The van der Waals surface area contributed by atoms with E-state index in [1.54, 1.807) is 25.1 Å². The van der Waals surface area contributed by atoms with E-state index in [1.165, 1.54) is 17.3 Å². The van der Waals surface area contributed by atoms with Crippen LogP contribution in [0.25, 0.3) is 5.69 Å². The fourth-order valence-corrected chi connectivity index (χ4v) is 1.48. The van der Waals surface area contributed by atoms with E-state index in [0.29, 0.717) is 12.3 Å². The lowest BCUT2D eigenvalue weighted by Crippen LogP contribution is -2.04. The second-order valence-electron chi connectivity index (χ2n) is 3.15. The Kier molecular flexibility index (Phi) is 2.99. The molecule has 1 heterocycles. The number of nitro benzene ring substituents is 1. The number of nitrogens with zero attached hydrogens (tertiary/aromatic N) is 4. The molecule has 1 aromatic heterocycles. The third-order valence-electron chi connectivity index (χ3n) is 2.13. The number of aromatic nitrogens is 3. The molecule has 7 nitrogen and oxygen atoms in total. The highest BCUT2D eigenvalue weighted by atomic mass is 16.6. The second kappa shape index (κ2) is 4.60. The zero-order valence-corrected chi connectivity index (χ0v) is 9.11. The molecule has 0 saturated heterocycles. The molecular formula is C10H10N4O3. The van der Waals surface area contributed by atoms with Crippen LogP contribution >= 0.6 is 0 Å². The van der Waals surface area contributed by atoms with Gasteiger partial charge in [0.2, 0.25) is 0 Å². The molecule has 0 aliphatic rings. The molecule has 0 amide bonds. The summed E-state index contributed by atoms with van der Waals surface area (Å²) < 4.78 is 6.57. The molecule has 0 saturated carbocycles. The van der Waals surface area contributed by atoms with Crippen molar-refractivity contribution in [3.05, 3.63) is 41.0 Å². The van der Waals surface area contributed by atoms with Gasteiger partial charge in [-0.05, 0) is 19.1 Å². The molecule has 0 atom stereocenters. The molecule has 7 heteroatoms. The maximum atomic E-state index is 11.1. The van der Waals surface area contributed by atoms with Crippen LogP contribution in [0, 0.1) is 10.1 Å². The molecule has 1 aromatic carbocycles. The zero-order valence-electron chi connectivity index (χ0n) is 9.11. The first-order valence-electron chi connectivity index (χ1n) is 4.99. The molecule has 2 rings (SSSR count). The van der Waals surface area contributed by atoms with Crippen molar-refractivity contribution in [2.24, 2.45) is 0 Å². The van der Waals surface area contributed by atoms with Crippen molar-refractivity contribution in [2.45, 2.75) is 6.92 Å². The standard InChI is InChI=1S/C10H10N4O3/c1-2-17-9-5-3-4-8(10(9)14(15)16)13-7-11-6-12-13/h3-7H,2H2,1H3. The maximum Gasteiger partial charge on any atom is 0.336 e. The highest BCUT2D eigenvalue weighted by Gasteiger charge is 2.22. The summed E-state index contributed by atoms with van der Waals surface area (Å²) in [6.45, 7) is 2.13. The van der Waals surface area contributed by atoms with Gasteiger partial charge in [0, 0.05) is 0 Å². The van der Waals surface area contributed by atoms with Crippen LogP contribution in [0.2, 0.25) is 0 Å². The molecule has 0 bridgehead atoms. The first-order chi connectivity index (χ1) is 8.24. The number of para-hydroxylation sites is 1. The van der Waals surface area contributed by atoms with Gasteiger partial charge in [0.15, 0.2) is 5.75 Å². The van der Waals surface area contributed by atoms with Gasteiger partial charge in [-0.3, -0.25) is 10.1 Å². The second-order valence-corrected chi connectivity index (χ2v) is 3.15. The molecule has 0 fully saturated rings. The number of benzene rings is 1. The molecule has 0 aliphatic carbocycles. The van der Waals surface area contributed by atoms with Gasteiger partial charge in [-0.2, -0.15) is 5.10 Å². The number of hydrogen-bond acceptors (Lipinski definition) is 5. The molecule has 0 unspecified atom stereocenters. The van der Waals surface area contributed by atoms with E-state index in [0.717, 1.165) is 0 Å². The third kappa shape index (κ3) is 2.07. The molecule has 0 spiro atoms. The largest absolute Gasteiger partial charge is 0.487 e. The Hall–Kier alpha value is -2.44. The van der Waals surface area contributed by atoms with E-state index in [2.05, 4.69) is 10.1 Å². The summed E-state index contributed by atoms with van der Waals surface area (Å²) in [5, 5.41) is 15.0. The van der Waals surface area contributed by atoms with Crippen LogP contribution in [-0.4, -0.2) is 26.3 Å². The highest BCUT2D eigenvalue weighted by molar-refractivity contribution is 5.60. The van der Waals surface area contributed by atoms with Crippen molar-refractivity contribution >= 4 is 5.69 Å². The number of nitro groups is 1. The number of rotatable bonds is 4. The van der Waals surface area contributed by atoms with Crippen molar-refractivity contribution in [3.63, 3.8) is 0 Å². The van der Waals surface area contributed by atoms with Crippen LogP contribution in [-0.2, 0) is 0 Å². The number of ether oxygens (including phenoxy) is 1. The summed E-state index contributed by atoms with van der Waals surface area (Å²) in [6.07, 6.45) is 2.72. The van der Waals surface area contributed by atoms with Gasteiger partial charge in [-0.1, -0.05) is 6.07 Å². The average Bonchev–Trinajstić information content (AvgIpc) is 2.82.